The maximum atomic E-state index is 13.5. The molecule has 0 saturated heterocycles. The number of benzene rings is 8. The molecular formula is C80H66N8O4. The SMILES string of the molecule is Nc1cccc(CC(=O)Cc2ccc(-c3c4nc(c(-c5ccc(CC(=O)Cc6cccc(N)c6)cc5)c5ccc([nH]5)c(-c5ccc(CC(=O)Cc6cccc(N)c6)cc5)c5nc(c(-c6ccc(CC(=O)Cc7cccc(N)c7)cc6)c6ccc3[nH]6)C=C5)C=C4)cc2)c1. The van der Waals surface area contributed by atoms with Gasteiger partial charge in [0.05, 0.1) is 22.8 Å². The molecule has 2 aliphatic rings. The number of nitrogens with one attached hydrogen (secondary N) is 2. The molecule has 0 aliphatic carbocycles. The van der Waals surface area contributed by atoms with E-state index in [1.165, 1.54) is 0 Å². The van der Waals surface area contributed by atoms with Crippen molar-refractivity contribution in [2.24, 2.45) is 0 Å². The molecule has 0 spiro atoms. The van der Waals surface area contributed by atoms with E-state index in [4.69, 9.17) is 32.9 Å². The largest absolute Gasteiger partial charge is 0.399 e. The van der Waals surface area contributed by atoms with E-state index in [0.717, 1.165) is 111 Å². The van der Waals surface area contributed by atoms with E-state index in [0.29, 0.717) is 45.5 Å². The molecule has 10 N–H and O–H groups in total. The van der Waals surface area contributed by atoms with Crippen LogP contribution in [-0.2, 0) is 70.5 Å². The summed E-state index contributed by atoms with van der Waals surface area (Å²) in [6.45, 7) is 0. The molecule has 13 rings (SSSR count). The second-order valence-electron chi connectivity index (χ2n) is 23.8. The summed E-state index contributed by atoms with van der Waals surface area (Å²) in [5.41, 5.74) is 46.6. The standard InChI is InChI=1S/C80H66N8O4/c81-61-9-1-5-53(37-61)45-65(89)41-49-13-21-57(22-14-49)77-69-29-31-71(85-69)78(58-23-15-50(16-24-58)42-66(90)46-54-6-2-10-62(82)38-54)73-33-35-75(87-73)80(60-27-19-52(20-28-60)44-68(92)48-56-8-4-12-64(84)40-56)76-36-34-74(88-76)79(72-32-30-70(77)86-72)59-25-17-51(18-26-59)43-67(91)47-55-7-3-11-63(83)39-55/h1-40,85,88H,41-48,81-84H2. The molecule has 5 heterocycles. The van der Waals surface area contributed by atoms with Crippen molar-refractivity contribution in [3.8, 4) is 44.5 Å². The summed E-state index contributed by atoms with van der Waals surface area (Å²) in [6.07, 6.45) is 10.3. The van der Waals surface area contributed by atoms with Crippen LogP contribution in [0.3, 0.4) is 0 Å². The predicted molar refractivity (Wildman–Crippen MR) is 374 cm³/mol. The molecule has 8 aromatic carbocycles. The van der Waals surface area contributed by atoms with Gasteiger partial charge in [-0.05, 0) is 164 Å². The van der Waals surface area contributed by atoms with Crippen LogP contribution in [0.2, 0.25) is 0 Å². The van der Waals surface area contributed by atoms with Gasteiger partial charge < -0.3 is 32.9 Å². The van der Waals surface area contributed by atoms with Crippen molar-refractivity contribution in [1.82, 2.24) is 19.9 Å². The lowest BCUT2D eigenvalue weighted by Crippen LogP contribution is -2.06. The minimum Gasteiger partial charge on any atom is -0.399 e. The van der Waals surface area contributed by atoms with Crippen molar-refractivity contribution in [3.63, 3.8) is 0 Å². The molecule has 2 aliphatic heterocycles. The number of aromatic amines is 2. The zero-order valence-electron chi connectivity index (χ0n) is 50.6. The zero-order valence-corrected chi connectivity index (χ0v) is 50.6. The van der Waals surface area contributed by atoms with Crippen molar-refractivity contribution in [1.29, 1.82) is 0 Å². The van der Waals surface area contributed by atoms with Gasteiger partial charge in [-0.15, -0.1) is 0 Å². The highest BCUT2D eigenvalue weighted by Gasteiger charge is 2.21. The Bertz CT molecular complexity index is 4310. The number of H-pyrrole nitrogens is 2. The van der Waals surface area contributed by atoms with Gasteiger partial charge in [0.25, 0.3) is 0 Å². The molecule has 3 aromatic heterocycles. The smallest absolute Gasteiger partial charge is 0.141 e. The first-order valence-electron chi connectivity index (χ1n) is 30.7. The first-order valence-corrected chi connectivity index (χ1v) is 30.7. The van der Waals surface area contributed by atoms with E-state index < -0.39 is 0 Å². The van der Waals surface area contributed by atoms with Crippen LogP contribution in [0.5, 0.6) is 0 Å². The molecule has 0 radical (unpaired) electrons. The van der Waals surface area contributed by atoms with Crippen LogP contribution in [0, 0.1) is 0 Å². The normalized spacial score (nSPS) is 11.7. The Labute approximate surface area is 533 Å². The maximum Gasteiger partial charge on any atom is 0.141 e. The summed E-state index contributed by atoms with van der Waals surface area (Å²) in [5.74, 6) is 0.304. The van der Waals surface area contributed by atoms with Gasteiger partial charge >= 0.3 is 0 Å². The van der Waals surface area contributed by atoms with Crippen molar-refractivity contribution in [2.75, 3.05) is 22.9 Å². The van der Waals surface area contributed by atoms with Crippen molar-refractivity contribution >= 4 is 92.3 Å². The summed E-state index contributed by atoms with van der Waals surface area (Å²) in [6, 6.07) is 70.5. The number of aromatic nitrogens is 4. The van der Waals surface area contributed by atoms with E-state index in [9.17, 15) is 19.2 Å². The Balaban J connectivity index is 0.962. The second-order valence-corrected chi connectivity index (χ2v) is 23.8. The number of ketones is 4. The number of nitrogens with two attached hydrogens (primary N) is 4. The Kier molecular flexibility index (Phi) is 16.8. The Morgan fingerprint density at radius 1 is 0.261 bits per heavy atom. The number of nitrogen functional groups attached to an aromatic ring is 4. The molecule has 450 valence electrons. The summed E-state index contributed by atoms with van der Waals surface area (Å²) >= 11 is 0. The van der Waals surface area contributed by atoms with Crippen LogP contribution >= 0.6 is 0 Å². The first-order chi connectivity index (χ1) is 44.7. The van der Waals surface area contributed by atoms with Gasteiger partial charge in [-0.25, -0.2) is 9.97 Å². The van der Waals surface area contributed by atoms with E-state index in [2.05, 4.69) is 34.2 Å². The minimum atomic E-state index is 0.0760. The molecule has 12 heteroatoms. The van der Waals surface area contributed by atoms with Crippen molar-refractivity contribution < 1.29 is 19.2 Å². The van der Waals surface area contributed by atoms with Gasteiger partial charge in [-0.2, -0.15) is 0 Å². The summed E-state index contributed by atoms with van der Waals surface area (Å²) in [4.78, 5) is 72.7. The predicted octanol–water partition coefficient (Wildman–Crippen LogP) is 15.1. The third-order valence-electron chi connectivity index (χ3n) is 16.7. The molecule has 0 saturated carbocycles. The van der Waals surface area contributed by atoms with E-state index in [1.807, 2.05) is 218 Å². The fraction of sp³-hybridized carbons (Fsp3) is 0.100. The summed E-state index contributed by atoms with van der Waals surface area (Å²) in [5, 5.41) is 0. The van der Waals surface area contributed by atoms with Gasteiger partial charge in [-0.3, -0.25) is 19.2 Å². The molecule has 0 fully saturated rings. The van der Waals surface area contributed by atoms with Gasteiger partial charge in [-0.1, -0.05) is 146 Å². The molecule has 11 aromatic rings. The fourth-order valence-electron chi connectivity index (χ4n) is 12.5. The molecule has 0 atom stereocenters. The Morgan fingerprint density at radius 2 is 0.467 bits per heavy atom. The van der Waals surface area contributed by atoms with Crippen molar-refractivity contribution in [2.45, 2.75) is 51.4 Å². The lowest BCUT2D eigenvalue weighted by molar-refractivity contribution is -0.118. The lowest BCUT2D eigenvalue weighted by Gasteiger charge is -2.09. The van der Waals surface area contributed by atoms with Gasteiger partial charge in [0.15, 0.2) is 0 Å². The lowest BCUT2D eigenvalue weighted by atomic mass is 9.98. The monoisotopic (exact) mass is 1200 g/mol. The molecular weight excluding hydrogens is 1140 g/mol. The highest BCUT2D eigenvalue weighted by molar-refractivity contribution is 6.00. The number of carbonyl (C=O) groups is 4. The number of carbonyl (C=O) groups excluding carboxylic acids is 4. The third kappa shape index (κ3) is 13.8. The number of rotatable bonds is 20. The molecule has 0 unspecified atom stereocenters. The van der Waals surface area contributed by atoms with Crippen LogP contribution in [0.15, 0.2) is 218 Å². The van der Waals surface area contributed by atoms with Crippen LogP contribution < -0.4 is 22.9 Å². The number of nitrogens with zero attached hydrogens (tertiary/aromatic N) is 2. The van der Waals surface area contributed by atoms with E-state index in [1.54, 1.807) is 0 Å². The minimum absolute atomic E-state index is 0.0760. The van der Waals surface area contributed by atoms with Crippen LogP contribution in [0.4, 0.5) is 22.7 Å². The second kappa shape index (κ2) is 26.1. The fourth-order valence-corrected chi connectivity index (χ4v) is 12.5. The van der Waals surface area contributed by atoms with E-state index >= 15 is 0 Å². The number of Topliss-reactive ketones (excluding diaryl/α,β-unsaturated/α-hetero) is 4. The highest BCUT2D eigenvalue weighted by Crippen LogP contribution is 2.39. The first kappa shape index (κ1) is 59.2. The Morgan fingerprint density at radius 3 is 0.674 bits per heavy atom. The summed E-state index contributed by atoms with van der Waals surface area (Å²) < 4.78 is 0. The maximum absolute atomic E-state index is 13.5. The molecule has 0 amide bonds. The molecule has 92 heavy (non-hydrogen) atoms. The van der Waals surface area contributed by atoms with Gasteiger partial charge in [0.2, 0.25) is 0 Å². The van der Waals surface area contributed by atoms with E-state index in [-0.39, 0.29) is 74.5 Å². The van der Waals surface area contributed by atoms with Crippen LogP contribution in [-0.4, -0.2) is 43.1 Å². The van der Waals surface area contributed by atoms with Crippen LogP contribution in [0.25, 0.3) is 90.9 Å². The quantitative estimate of drug-likeness (QED) is 0.0395. The average molecular weight is 1200 g/mol. The number of fused-ring (bicyclic) bond motifs is 8. The topological polar surface area (TPSA) is 230 Å². The molecule has 12 nitrogen and oxygen atoms in total. The van der Waals surface area contributed by atoms with Gasteiger partial charge in [0.1, 0.15) is 23.1 Å². The molecule has 8 bridgehead atoms. The summed E-state index contributed by atoms with van der Waals surface area (Å²) in [7, 11) is 0. The number of hydrogen-bond donors (Lipinski definition) is 6. The number of hydrogen-bond acceptors (Lipinski definition) is 10. The highest BCUT2D eigenvalue weighted by atomic mass is 16.1. The van der Waals surface area contributed by atoms with Gasteiger partial charge in [0, 0.05) is 118 Å². The van der Waals surface area contributed by atoms with Crippen molar-refractivity contribution in [3.05, 3.63) is 286 Å². The number of anilines is 4. The Hall–Kier alpha value is -11.8. The third-order valence-corrected chi connectivity index (χ3v) is 16.7. The zero-order chi connectivity index (χ0) is 63.2. The average Bonchev–Trinajstić information content (AvgIpc) is 1.62. The van der Waals surface area contributed by atoms with Crippen LogP contribution in [0.1, 0.15) is 67.3 Å².